The van der Waals surface area contributed by atoms with Gasteiger partial charge in [0.2, 0.25) is 0 Å². The molecular weight excluding hydrogens is 420 g/mol. The molecule has 4 rings (SSSR count). The number of para-hydroxylation sites is 1. The zero-order valence-electron chi connectivity index (χ0n) is 16.9. The van der Waals surface area contributed by atoms with Crippen LogP contribution in [-0.2, 0) is 0 Å². The van der Waals surface area contributed by atoms with Crippen LogP contribution in [0.25, 0.3) is 0 Å². The Bertz CT molecular complexity index is 1190. The third-order valence-corrected chi connectivity index (χ3v) is 5.25. The second kappa shape index (κ2) is 8.35. The summed E-state index contributed by atoms with van der Waals surface area (Å²) < 4.78 is 11.5. The van der Waals surface area contributed by atoms with Gasteiger partial charge in [0.25, 0.3) is 5.88 Å². The molecule has 1 saturated carbocycles. The normalized spacial score (nSPS) is 13.0. The fourth-order valence-corrected chi connectivity index (χ4v) is 3.39. The lowest BCUT2D eigenvalue weighted by Gasteiger charge is -2.15. The number of rotatable bonds is 6. The van der Waals surface area contributed by atoms with Crippen molar-refractivity contribution < 1.29 is 24.2 Å². The van der Waals surface area contributed by atoms with Gasteiger partial charge in [-0.2, -0.15) is 0 Å². The molecule has 3 aromatic rings. The molecule has 31 heavy (non-hydrogen) atoms. The van der Waals surface area contributed by atoms with E-state index in [-0.39, 0.29) is 27.9 Å². The molecule has 1 N–H and O–H groups in total. The van der Waals surface area contributed by atoms with Crippen molar-refractivity contribution in [3.63, 3.8) is 0 Å². The topological polar surface area (TPSA) is 98.6 Å². The van der Waals surface area contributed by atoms with Gasteiger partial charge >= 0.3 is 11.9 Å². The molecule has 0 amide bonds. The fraction of sp³-hybridized carbons (Fsp3) is 0.217. The maximum atomic E-state index is 12.7. The molecule has 158 valence electrons. The van der Waals surface area contributed by atoms with Crippen LogP contribution < -0.4 is 9.47 Å². The molecule has 1 aromatic heterocycles. The van der Waals surface area contributed by atoms with E-state index in [4.69, 9.17) is 21.1 Å². The molecule has 0 radical (unpaired) electrons. The second-order valence-corrected chi connectivity index (χ2v) is 7.82. The number of carboxylic acids is 1. The highest BCUT2D eigenvalue weighted by molar-refractivity contribution is 6.29. The molecule has 1 fully saturated rings. The van der Waals surface area contributed by atoms with Crippen LogP contribution in [0.3, 0.4) is 0 Å². The van der Waals surface area contributed by atoms with Crippen molar-refractivity contribution in [3.8, 4) is 17.4 Å². The van der Waals surface area contributed by atoms with Gasteiger partial charge in [-0.1, -0.05) is 35.9 Å². The Labute approximate surface area is 183 Å². The summed E-state index contributed by atoms with van der Waals surface area (Å²) in [5.41, 5.74) is 2.62. The van der Waals surface area contributed by atoms with E-state index in [1.807, 2.05) is 25.1 Å². The number of esters is 1. The van der Waals surface area contributed by atoms with Crippen molar-refractivity contribution in [1.82, 2.24) is 10.2 Å². The molecule has 7 nitrogen and oxygen atoms in total. The largest absolute Gasteiger partial charge is 0.478 e. The molecule has 0 bridgehead atoms. The van der Waals surface area contributed by atoms with E-state index in [9.17, 15) is 14.7 Å². The lowest BCUT2D eigenvalue weighted by molar-refractivity contribution is 0.0696. The molecule has 8 heteroatoms. The number of hydrogen-bond donors (Lipinski definition) is 1. The fourth-order valence-electron chi connectivity index (χ4n) is 3.25. The highest BCUT2D eigenvalue weighted by atomic mass is 35.5. The second-order valence-electron chi connectivity index (χ2n) is 7.43. The van der Waals surface area contributed by atoms with Crippen molar-refractivity contribution in [1.29, 1.82) is 0 Å². The number of aromatic nitrogens is 2. The number of aryl methyl sites for hydroxylation is 2. The Morgan fingerprint density at radius 3 is 2.55 bits per heavy atom. The van der Waals surface area contributed by atoms with Gasteiger partial charge < -0.3 is 14.6 Å². The number of benzene rings is 2. The van der Waals surface area contributed by atoms with E-state index in [0.717, 1.165) is 24.0 Å². The first-order valence-electron chi connectivity index (χ1n) is 9.70. The SMILES string of the molecule is Cc1ccc(C(=O)Oc2cc(Cl)nnc2Oc2c(C)cccc2C2CC2)cc1C(=O)O. The molecule has 2 aromatic carbocycles. The third-order valence-electron chi connectivity index (χ3n) is 5.06. The summed E-state index contributed by atoms with van der Waals surface area (Å²) >= 11 is 5.96. The summed E-state index contributed by atoms with van der Waals surface area (Å²) in [6.45, 7) is 3.58. The van der Waals surface area contributed by atoms with Crippen molar-refractivity contribution >= 4 is 23.5 Å². The highest BCUT2D eigenvalue weighted by Gasteiger charge is 2.28. The maximum Gasteiger partial charge on any atom is 0.343 e. The van der Waals surface area contributed by atoms with E-state index in [1.54, 1.807) is 13.0 Å². The molecule has 1 aliphatic carbocycles. The number of hydrogen-bond acceptors (Lipinski definition) is 6. The predicted molar refractivity (Wildman–Crippen MR) is 113 cm³/mol. The smallest absolute Gasteiger partial charge is 0.343 e. The highest BCUT2D eigenvalue weighted by Crippen LogP contribution is 2.46. The van der Waals surface area contributed by atoms with E-state index >= 15 is 0 Å². The zero-order chi connectivity index (χ0) is 22.1. The Morgan fingerprint density at radius 1 is 1.06 bits per heavy atom. The van der Waals surface area contributed by atoms with Gasteiger partial charge in [0, 0.05) is 6.07 Å². The zero-order valence-corrected chi connectivity index (χ0v) is 17.6. The summed E-state index contributed by atoms with van der Waals surface area (Å²) in [5.74, 6) is -0.807. The minimum absolute atomic E-state index is 0.000445. The van der Waals surface area contributed by atoms with E-state index in [0.29, 0.717) is 17.2 Å². The quantitative estimate of drug-likeness (QED) is 0.519. The van der Waals surface area contributed by atoms with Gasteiger partial charge in [-0.25, -0.2) is 9.59 Å². The summed E-state index contributed by atoms with van der Waals surface area (Å²) in [4.78, 5) is 24.1. The number of carbonyl (C=O) groups is 2. The molecule has 1 heterocycles. The van der Waals surface area contributed by atoms with Crippen LogP contribution in [0, 0.1) is 13.8 Å². The number of ether oxygens (including phenoxy) is 2. The Balaban J connectivity index is 1.65. The van der Waals surface area contributed by atoms with Crippen LogP contribution in [0.15, 0.2) is 42.5 Å². The first-order chi connectivity index (χ1) is 14.8. The minimum Gasteiger partial charge on any atom is -0.478 e. The van der Waals surface area contributed by atoms with E-state index < -0.39 is 11.9 Å². The van der Waals surface area contributed by atoms with Gasteiger partial charge in [-0.05, 0) is 61.4 Å². The van der Waals surface area contributed by atoms with Crippen LogP contribution in [-0.4, -0.2) is 27.2 Å². The Kier molecular flexibility index (Phi) is 5.61. The van der Waals surface area contributed by atoms with Gasteiger partial charge in [0.1, 0.15) is 5.75 Å². The maximum absolute atomic E-state index is 12.7. The van der Waals surface area contributed by atoms with Gasteiger partial charge in [0.15, 0.2) is 10.9 Å². The van der Waals surface area contributed by atoms with Crippen molar-refractivity contribution in [3.05, 3.63) is 75.4 Å². The van der Waals surface area contributed by atoms with Gasteiger partial charge in [0.05, 0.1) is 11.1 Å². The number of halogens is 1. The monoisotopic (exact) mass is 438 g/mol. The van der Waals surface area contributed by atoms with Crippen LogP contribution in [0.5, 0.6) is 17.4 Å². The molecule has 0 saturated heterocycles. The van der Waals surface area contributed by atoms with E-state index in [2.05, 4.69) is 10.2 Å². The van der Waals surface area contributed by atoms with Crippen molar-refractivity contribution in [2.75, 3.05) is 0 Å². The van der Waals surface area contributed by atoms with Crippen LogP contribution >= 0.6 is 11.6 Å². The summed E-state index contributed by atoms with van der Waals surface area (Å²) in [6, 6.07) is 11.6. The summed E-state index contributed by atoms with van der Waals surface area (Å²) in [5, 5.41) is 17.1. The van der Waals surface area contributed by atoms with Gasteiger partial charge in [-0.15, -0.1) is 10.2 Å². The molecule has 1 aliphatic rings. The first-order valence-corrected chi connectivity index (χ1v) is 10.1. The van der Waals surface area contributed by atoms with Crippen LogP contribution in [0.4, 0.5) is 0 Å². The number of carboxylic acid groups (broad SMARTS) is 1. The van der Waals surface area contributed by atoms with Crippen molar-refractivity contribution in [2.24, 2.45) is 0 Å². The molecule has 0 spiro atoms. The van der Waals surface area contributed by atoms with Gasteiger partial charge in [-0.3, -0.25) is 0 Å². The minimum atomic E-state index is -1.13. The van der Waals surface area contributed by atoms with Crippen molar-refractivity contribution in [2.45, 2.75) is 32.6 Å². The lowest BCUT2D eigenvalue weighted by Crippen LogP contribution is -2.12. The summed E-state index contributed by atoms with van der Waals surface area (Å²) in [6.07, 6.45) is 2.18. The average molecular weight is 439 g/mol. The number of carbonyl (C=O) groups excluding carboxylic acids is 1. The van der Waals surface area contributed by atoms with Crippen LogP contribution in [0.2, 0.25) is 5.15 Å². The third kappa shape index (κ3) is 4.51. The molecule has 0 aliphatic heterocycles. The number of aromatic carboxylic acids is 1. The molecule has 0 atom stereocenters. The first kappa shape index (κ1) is 20.8. The predicted octanol–water partition coefficient (Wildman–Crippen LogP) is 5.33. The Morgan fingerprint density at radius 2 is 1.84 bits per heavy atom. The molecular formula is C23H19ClN2O5. The average Bonchev–Trinajstić information content (AvgIpc) is 3.56. The summed E-state index contributed by atoms with van der Waals surface area (Å²) in [7, 11) is 0. The standard InChI is InChI=1S/C23H19ClN2O5/c1-12-6-7-15(10-17(12)22(27)28)23(29)30-18-11-19(24)25-26-21(18)31-20-13(2)4-3-5-16(20)14-8-9-14/h3-7,10-11,14H,8-9H2,1-2H3,(H,27,28). The van der Waals surface area contributed by atoms with Crippen LogP contribution in [0.1, 0.15) is 56.2 Å². The van der Waals surface area contributed by atoms with E-state index in [1.165, 1.54) is 18.2 Å². The number of nitrogens with zero attached hydrogens (tertiary/aromatic N) is 2. The lowest BCUT2D eigenvalue weighted by atomic mass is 10.1. The molecule has 0 unspecified atom stereocenters. The Hall–Kier alpha value is -3.45.